The number of nitrogens with one attached hydrogen (secondary N) is 2. The van der Waals surface area contributed by atoms with Crippen molar-refractivity contribution in [3.8, 4) is 0 Å². The first-order chi connectivity index (χ1) is 10.1. The number of carbonyl (C=O) groups excluding carboxylic acids is 2. The molecule has 2 N–H and O–H groups in total. The highest BCUT2D eigenvalue weighted by Crippen LogP contribution is 2.13. The van der Waals surface area contributed by atoms with Gasteiger partial charge in [0.1, 0.15) is 0 Å². The van der Waals surface area contributed by atoms with Gasteiger partial charge in [-0.3, -0.25) is 9.59 Å². The number of amides is 2. The number of carbonyl (C=O) groups is 2. The van der Waals surface area contributed by atoms with Crippen LogP contribution in [0.4, 0.5) is 5.69 Å². The van der Waals surface area contributed by atoms with Crippen molar-refractivity contribution in [1.29, 1.82) is 0 Å². The summed E-state index contributed by atoms with van der Waals surface area (Å²) in [5.74, 6) is -0.341. The number of hydrogen-bond donors (Lipinski definition) is 2. The van der Waals surface area contributed by atoms with Crippen LogP contribution in [0.25, 0.3) is 0 Å². The number of anilines is 1. The van der Waals surface area contributed by atoms with Gasteiger partial charge in [0.25, 0.3) is 11.8 Å². The monoisotopic (exact) mass is 282 g/mol. The van der Waals surface area contributed by atoms with Crippen LogP contribution >= 0.6 is 0 Å². The summed E-state index contributed by atoms with van der Waals surface area (Å²) >= 11 is 0. The summed E-state index contributed by atoms with van der Waals surface area (Å²) in [6.07, 6.45) is 0. The molecule has 0 unspecified atom stereocenters. The Balaban J connectivity index is 2.12. The van der Waals surface area contributed by atoms with Crippen LogP contribution < -0.4 is 10.6 Å². The van der Waals surface area contributed by atoms with Crippen LogP contribution in [0.1, 0.15) is 33.2 Å². The predicted octanol–water partition coefficient (Wildman–Crippen LogP) is 3.00. The molecule has 0 aliphatic carbocycles. The van der Waals surface area contributed by atoms with Gasteiger partial charge in [0.2, 0.25) is 0 Å². The summed E-state index contributed by atoms with van der Waals surface area (Å²) in [6.45, 7) is 4.40. The van der Waals surface area contributed by atoms with E-state index in [2.05, 4.69) is 10.6 Å². The second-order valence-corrected chi connectivity index (χ2v) is 4.76. The molecule has 108 valence electrons. The van der Waals surface area contributed by atoms with Gasteiger partial charge in [-0.15, -0.1) is 0 Å². The van der Waals surface area contributed by atoms with Crippen LogP contribution in [0.5, 0.6) is 0 Å². The molecule has 0 spiro atoms. The van der Waals surface area contributed by atoms with Crippen LogP contribution in [0.3, 0.4) is 0 Å². The van der Waals surface area contributed by atoms with Crippen LogP contribution in [0, 0.1) is 6.92 Å². The smallest absolute Gasteiger partial charge is 0.255 e. The Morgan fingerprint density at radius 2 is 1.67 bits per heavy atom. The Labute approximate surface area is 124 Å². The van der Waals surface area contributed by atoms with Gasteiger partial charge >= 0.3 is 0 Å². The molecule has 2 aromatic rings. The molecule has 0 aromatic heterocycles. The molecular weight excluding hydrogens is 264 g/mol. The molecule has 2 rings (SSSR count). The van der Waals surface area contributed by atoms with Crippen molar-refractivity contribution in [2.24, 2.45) is 0 Å². The summed E-state index contributed by atoms with van der Waals surface area (Å²) in [5.41, 5.74) is 2.82. The number of benzene rings is 2. The highest BCUT2D eigenvalue weighted by molar-refractivity contribution is 6.05. The van der Waals surface area contributed by atoms with Crippen LogP contribution in [-0.4, -0.2) is 18.4 Å². The summed E-state index contributed by atoms with van der Waals surface area (Å²) < 4.78 is 0. The van der Waals surface area contributed by atoms with Gasteiger partial charge in [0, 0.05) is 23.4 Å². The van der Waals surface area contributed by atoms with E-state index in [9.17, 15) is 9.59 Å². The Bertz CT molecular complexity index is 648. The maximum Gasteiger partial charge on any atom is 0.255 e. The van der Waals surface area contributed by atoms with Gasteiger partial charge in [0.15, 0.2) is 0 Å². The molecule has 0 aliphatic heterocycles. The van der Waals surface area contributed by atoms with Crippen molar-refractivity contribution in [3.05, 3.63) is 65.2 Å². The fraction of sp³-hybridized carbons (Fsp3) is 0.176. The molecule has 4 heteroatoms. The molecule has 0 saturated carbocycles. The lowest BCUT2D eigenvalue weighted by Gasteiger charge is -2.08. The fourth-order valence-electron chi connectivity index (χ4n) is 1.91. The lowest BCUT2D eigenvalue weighted by atomic mass is 10.1. The van der Waals surface area contributed by atoms with Crippen LogP contribution in [-0.2, 0) is 0 Å². The molecule has 4 nitrogen and oxygen atoms in total. The van der Waals surface area contributed by atoms with E-state index < -0.39 is 0 Å². The van der Waals surface area contributed by atoms with Gasteiger partial charge in [-0.25, -0.2) is 0 Å². The molecule has 0 heterocycles. The van der Waals surface area contributed by atoms with E-state index in [4.69, 9.17) is 0 Å². The first-order valence-electron chi connectivity index (χ1n) is 6.86. The number of aryl methyl sites for hydroxylation is 1. The standard InChI is InChI=1S/C17H18N2O2/c1-3-18-16(20)14-5-4-6-15(11-14)19-17(21)13-9-7-12(2)8-10-13/h4-11H,3H2,1-2H3,(H,18,20)(H,19,21). The van der Waals surface area contributed by atoms with Gasteiger partial charge in [-0.05, 0) is 44.2 Å². The second kappa shape index (κ2) is 6.70. The molecule has 21 heavy (non-hydrogen) atoms. The zero-order chi connectivity index (χ0) is 15.2. The first kappa shape index (κ1) is 14.8. The average Bonchev–Trinajstić information content (AvgIpc) is 2.48. The summed E-state index contributed by atoms with van der Waals surface area (Å²) in [7, 11) is 0. The number of hydrogen-bond acceptors (Lipinski definition) is 2. The van der Waals surface area contributed by atoms with Crippen molar-refractivity contribution in [2.45, 2.75) is 13.8 Å². The SMILES string of the molecule is CCNC(=O)c1cccc(NC(=O)c2ccc(C)cc2)c1. The summed E-state index contributed by atoms with van der Waals surface area (Å²) in [4.78, 5) is 23.9. The van der Waals surface area contributed by atoms with Crippen molar-refractivity contribution >= 4 is 17.5 Å². The zero-order valence-corrected chi connectivity index (χ0v) is 12.1. The number of rotatable bonds is 4. The first-order valence-corrected chi connectivity index (χ1v) is 6.86. The minimum Gasteiger partial charge on any atom is -0.352 e. The molecule has 0 radical (unpaired) electrons. The van der Waals surface area contributed by atoms with Crippen molar-refractivity contribution in [1.82, 2.24) is 5.32 Å². The molecule has 0 saturated heterocycles. The Hall–Kier alpha value is -2.62. The lowest BCUT2D eigenvalue weighted by molar-refractivity contribution is 0.0954. The Morgan fingerprint density at radius 1 is 0.952 bits per heavy atom. The minimum absolute atomic E-state index is 0.149. The van der Waals surface area contributed by atoms with Gasteiger partial charge in [0.05, 0.1) is 0 Å². The third-order valence-corrected chi connectivity index (χ3v) is 3.03. The Kier molecular flexibility index (Phi) is 4.72. The maximum absolute atomic E-state index is 12.1. The van der Waals surface area contributed by atoms with Crippen molar-refractivity contribution in [3.63, 3.8) is 0 Å². The third-order valence-electron chi connectivity index (χ3n) is 3.03. The maximum atomic E-state index is 12.1. The molecule has 0 bridgehead atoms. The van der Waals surface area contributed by atoms with Gasteiger partial charge in [-0.2, -0.15) is 0 Å². The molecule has 2 amide bonds. The minimum atomic E-state index is -0.192. The Morgan fingerprint density at radius 3 is 2.33 bits per heavy atom. The third kappa shape index (κ3) is 3.92. The highest BCUT2D eigenvalue weighted by Gasteiger charge is 2.08. The van der Waals surface area contributed by atoms with Crippen molar-refractivity contribution < 1.29 is 9.59 Å². The van der Waals surface area contributed by atoms with E-state index in [1.807, 2.05) is 26.0 Å². The van der Waals surface area contributed by atoms with Gasteiger partial charge < -0.3 is 10.6 Å². The molecule has 0 aliphatic rings. The zero-order valence-electron chi connectivity index (χ0n) is 12.1. The molecule has 0 atom stereocenters. The summed E-state index contributed by atoms with van der Waals surface area (Å²) in [6, 6.07) is 14.2. The van der Waals surface area contributed by atoms with Gasteiger partial charge in [-0.1, -0.05) is 23.8 Å². The van der Waals surface area contributed by atoms with E-state index in [0.29, 0.717) is 23.4 Å². The van der Waals surface area contributed by atoms with Crippen molar-refractivity contribution in [2.75, 3.05) is 11.9 Å². The van der Waals surface area contributed by atoms with Crippen LogP contribution in [0.2, 0.25) is 0 Å². The molecule has 2 aromatic carbocycles. The van der Waals surface area contributed by atoms with E-state index in [1.165, 1.54) is 0 Å². The van der Waals surface area contributed by atoms with Crippen LogP contribution in [0.15, 0.2) is 48.5 Å². The fourth-order valence-corrected chi connectivity index (χ4v) is 1.91. The van der Waals surface area contributed by atoms with E-state index in [-0.39, 0.29) is 11.8 Å². The van der Waals surface area contributed by atoms with E-state index in [1.54, 1.807) is 36.4 Å². The molecular formula is C17H18N2O2. The summed E-state index contributed by atoms with van der Waals surface area (Å²) in [5, 5.41) is 5.52. The van der Waals surface area contributed by atoms with E-state index in [0.717, 1.165) is 5.56 Å². The average molecular weight is 282 g/mol. The predicted molar refractivity (Wildman–Crippen MR) is 83.6 cm³/mol. The lowest BCUT2D eigenvalue weighted by Crippen LogP contribution is -2.22. The molecule has 0 fully saturated rings. The largest absolute Gasteiger partial charge is 0.352 e. The topological polar surface area (TPSA) is 58.2 Å². The second-order valence-electron chi connectivity index (χ2n) is 4.76. The quantitative estimate of drug-likeness (QED) is 0.905. The van der Waals surface area contributed by atoms with E-state index >= 15 is 0 Å². The highest BCUT2D eigenvalue weighted by atomic mass is 16.2. The normalized spacial score (nSPS) is 10.0.